The predicted octanol–water partition coefficient (Wildman–Crippen LogP) is 3.24. The molecule has 0 bridgehead atoms. The van der Waals surface area contributed by atoms with Gasteiger partial charge in [-0.1, -0.05) is 17.8 Å². The van der Waals surface area contributed by atoms with Crippen LogP contribution in [0.4, 0.5) is 0 Å². The predicted molar refractivity (Wildman–Crippen MR) is 70.3 cm³/mol. The van der Waals surface area contributed by atoms with Gasteiger partial charge in [0, 0.05) is 39.3 Å². The van der Waals surface area contributed by atoms with Crippen LogP contribution >= 0.6 is 0 Å². The Kier molecular flexibility index (Phi) is 5.84. The first-order chi connectivity index (χ1) is 8.26. The molecule has 3 heteroatoms. The summed E-state index contributed by atoms with van der Waals surface area (Å²) in [5, 5.41) is 0. The van der Waals surface area contributed by atoms with E-state index in [1.807, 2.05) is 36.4 Å². The van der Waals surface area contributed by atoms with E-state index < -0.39 is 0 Å². The van der Waals surface area contributed by atoms with Gasteiger partial charge in [0.2, 0.25) is 0 Å². The van der Waals surface area contributed by atoms with E-state index in [0.29, 0.717) is 0 Å². The zero-order chi connectivity index (χ0) is 12.3. The zero-order valence-electron chi connectivity index (χ0n) is 10.8. The normalized spacial score (nSPS) is 14.0. The van der Waals surface area contributed by atoms with Crippen LogP contribution in [0.1, 0.15) is 12.5 Å². The zero-order valence-corrected chi connectivity index (χ0v) is 13.6. The first-order valence-corrected chi connectivity index (χ1v) is 5.67. The minimum absolute atomic E-state index is 0. The second-order valence-corrected chi connectivity index (χ2v) is 3.79. The minimum Gasteiger partial charge on any atom is -0.497 e. The van der Waals surface area contributed by atoms with Gasteiger partial charge in [-0.25, -0.2) is 0 Å². The Balaban J connectivity index is 0.00000162. The summed E-state index contributed by atoms with van der Waals surface area (Å²) < 4.78 is 5.16. The van der Waals surface area contributed by atoms with Crippen LogP contribution in [0.25, 0.3) is 5.70 Å². The van der Waals surface area contributed by atoms with Gasteiger partial charge < -0.3 is 9.64 Å². The molecule has 0 amide bonds. The maximum absolute atomic E-state index is 5.16. The van der Waals surface area contributed by atoms with Crippen LogP contribution in [-0.4, -0.2) is 18.6 Å². The third kappa shape index (κ3) is 3.12. The molecule has 0 saturated heterocycles. The minimum atomic E-state index is 0. The Morgan fingerprint density at radius 3 is 2.50 bits per heavy atom. The standard InChI is InChI=1S/C15H16NO.Y/c1-4-16-12(2)6-5-7-15(16)13-8-10-14(17-3)11-9-13;/h5-6,8-11H,2,4H2,1,3H3;/q-1;. The molecule has 1 radical (unpaired) electrons. The van der Waals surface area contributed by atoms with E-state index in [-0.39, 0.29) is 32.7 Å². The van der Waals surface area contributed by atoms with Gasteiger partial charge in [-0.15, -0.1) is 18.2 Å². The number of nitrogens with zero attached hydrogens (tertiary/aromatic N) is 1. The van der Waals surface area contributed by atoms with Crippen LogP contribution in [0.2, 0.25) is 0 Å². The van der Waals surface area contributed by atoms with Crippen LogP contribution < -0.4 is 4.74 Å². The van der Waals surface area contributed by atoms with Crippen molar-refractivity contribution in [1.29, 1.82) is 0 Å². The molecule has 0 N–H and O–H groups in total. The number of rotatable bonds is 3. The molecular formula is C15H16NOY-. The average molecular weight is 315 g/mol. The van der Waals surface area contributed by atoms with Crippen LogP contribution in [-0.2, 0) is 32.7 Å². The molecule has 2 rings (SSSR count). The molecular weight excluding hydrogens is 299 g/mol. The summed E-state index contributed by atoms with van der Waals surface area (Å²) >= 11 is 0. The van der Waals surface area contributed by atoms with E-state index in [0.717, 1.165) is 29.3 Å². The first kappa shape index (κ1) is 15.2. The van der Waals surface area contributed by atoms with Gasteiger partial charge in [0.1, 0.15) is 5.75 Å². The Morgan fingerprint density at radius 1 is 1.28 bits per heavy atom. The van der Waals surface area contributed by atoms with E-state index in [1.165, 1.54) is 0 Å². The second kappa shape index (κ2) is 6.91. The summed E-state index contributed by atoms with van der Waals surface area (Å²) in [6, 6.07) is 7.99. The van der Waals surface area contributed by atoms with Crippen LogP contribution in [0.5, 0.6) is 5.75 Å². The summed E-state index contributed by atoms with van der Waals surface area (Å²) in [5.74, 6) is 0.863. The van der Waals surface area contributed by atoms with Crippen molar-refractivity contribution >= 4 is 5.70 Å². The molecule has 18 heavy (non-hydrogen) atoms. The van der Waals surface area contributed by atoms with Crippen molar-refractivity contribution in [3.05, 3.63) is 60.3 Å². The largest absolute Gasteiger partial charge is 0.497 e. The fourth-order valence-electron chi connectivity index (χ4n) is 1.88. The maximum Gasteiger partial charge on any atom is 0.116 e. The number of likely N-dealkylation sites (N-methyl/N-ethyl adjacent to an activating group) is 1. The number of hydrogen-bond donors (Lipinski definition) is 0. The first-order valence-electron chi connectivity index (χ1n) is 5.67. The molecule has 2 nitrogen and oxygen atoms in total. The Morgan fingerprint density at radius 2 is 1.94 bits per heavy atom. The Bertz CT molecular complexity index is 474. The summed E-state index contributed by atoms with van der Waals surface area (Å²) in [5.41, 5.74) is 3.18. The third-order valence-electron chi connectivity index (χ3n) is 2.79. The van der Waals surface area contributed by atoms with E-state index in [9.17, 15) is 0 Å². The van der Waals surface area contributed by atoms with Gasteiger partial charge in [-0.3, -0.25) is 0 Å². The van der Waals surface area contributed by atoms with E-state index in [1.54, 1.807) is 7.11 Å². The molecule has 0 saturated carbocycles. The molecule has 0 fully saturated rings. The number of allylic oxidation sites excluding steroid dienone is 3. The molecule has 0 atom stereocenters. The monoisotopic (exact) mass is 315 g/mol. The SMILES string of the molecule is C=C1C=C[C-]=C(c2ccc(OC)cc2)N1CC.[Y]. The number of hydrogen-bond acceptors (Lipinski definition) is 2. The van der Waals surface area contributed by atoms with Gasteiger partial charge in [-0.05, 0) is 24.8 Å². The van der Waals surface area contributed by atoms with Crippen molar-refractivity contribution < 1.29 is 37.4 Å². The van der Waals surface area contributed by atoms with Crippen LogP contribution in [0.15, 0.2) is 48.7 Å². The summed E-state index contributed by atoms with van der Waals surface area (Å²) in [6.45, 7) is 7.02. The van der Waals surface area contributed by atoms with E-state index >= 15 is 0 Å². The third-order valence-corrected chi connectivity index (χ3v) is 2.79. The van der Waals surface area contributed by atoms with Crippen LogP contribution in [0.3, 0.4) is 0 Å². The van der Waals surface area contributed by atoms with E-state index in [4.69, 9.17) is 4.74 Å². The summed E-state index contributed by atoms with van der Waals surface area (Å²) in [6.07, 6.45) is 7.14. The van der Waals surface area contributed by atoms with Gasteiger partial charge in [0.05, 0.1) is 7.11 Å². The molecule has 0 unspecified atom stereocenters. The fourth-order valence-corrected chi connectivity index (χ4v) is 1.88. The van der Waals surface area contributed by atoms with Gasteiger partial charge in [0.25, 0.3) is 0 Å². The van der Waals surface area contributed by atoms with Crippen molar-refractivity contribution in [2.45, 2.75) is 6.92 Å². The number of methoxy groups -OCH3 is 1. The summed E-state index contributed by atoms with van der Waals surface area (Å²) in [7, 11) is 1.67. The second-order valence-electron chi connectivity index (χ2n) is 3.79. The molecule has 1 aliphatic heterocycles. The molecule has 1 heterocycles. The average Bonchev–Trinajstić information content (AvgIpc) is 2.38. The van der Waals surface area contributed by atoms with Crippen molar-refractivity contribution in [3.63, 3.8) is 0 Å². The van der Waals surface area contributed by atoms with Crippen molar-refractivity contribution in [3.8, 4) is 5.75 Å². The Labute approximate surface area is 134 Å². The molecule has 1 aromatic carbocycles. The van der Waals surface area contributed by atoms with Crippen molar-refractivity contribution in [2.24, 2.45) is 0 Å². The Hall–Kier alpha value is -0.856. The van der Waals surface area contributed by atoms with Crippen LogP contribution in [0, 0.1) is 6.08 Å². The molecule has 1 aliphatic rings. The van der Waals surface area contributed by atoms with Gasteiger partial charge in [0.15, 0.2) is 0 Å². The molecule has 91 valence electrons. The smallest absolute Gasteiger partial charge is 0.116 e. The maximum atomic E-state index is 5.16. The topological polar surface area (TPSA) is 12.5 Å². The van der Waals surface area contributed by atoms with Gasteiger partial charge in [-0.2, -0.15) is 12.2 Å². The summed E-state index contributed by atoms with van der Waals surface area (Å²) in [4.78, 5) is 2.14. The molecule has 1 aromatic rings. The van der Waals surface area contributed by atoms with E-state index in [2.05, 4.69) is 24.5 Å². The fraction of sp³-hybridized carbons (Fsp3) is 0.200. The molecule has 0 spiro atoms. The van der Waals surface area contributed by atoms with Gasteiger partial charge >= 0.3 is 0 Å². The number of ether oxygens (including phenoxy) is 1. The molecule has 0 aliphatic carbocycles. The molecule has 0 aromatic heterocycles. The quantitative estimate of drug-likeness (QED) is 0.794. The van der Waals surface area contributed by atoms with Crippen molar-refractivity contribution in [1.82, 2.24) is 4.90 Å². The van der Waals surface area contributed by atoms with Crippen molar-refractivity contribution in [2.75, 3.05) is 13.7 Å². The number of benzene rings is 1.